The molecule has 0 aliphatic carbocycles. The molecule has 0 saturated carbocycles. The number of hydrogen-bond donors (Lipinski definition) is 2. The maximum atomic E-state index is 11.7. The van der Waals surface area contributed by atoms with Crippen molar-refractivity contribution in [2.45, 2.75) is 19.4 Å². The van der Waals surface area contributed by atoms with Crippen molar-refractivity contribution >= 4 is 21.6 Å². The summed E-state index contributed by atoms with van der Waals surface area (Å²) in [5, 5.41) is 5.40. The molecule has 0 bridgehead atoms. The number of hydrogen-bond acceptors (Lipinski definition) is 3. The highest BCUT2D eigenvalue weighted by Gasteiger charge is 2.28. The Hall–Kier alpha value is -1.56. The van der Waals surface area contributed by atoms with Gasteiger partial charge in [-0.3, -0.25) is 0 Å². The molecule has 1 aromatic carbocycles. The molecule has 5 nitrogen and oxygen atoms in total. The van der Waals surface area contributed by atoms with Gasteiger partial charge in [-0.15, -0.1) is 0 Å². The highest BCUT2D eigenvalue weighted by Crippen LogP contribution is 2.14. The van der Waals surface area contributed by atoms with Gasteiger partial charge < -0.3 is 10.6 Å². The van der Waals surface area contributed by atoms with Crippen LogP contribution < -0.4 is 10.6 Å². The topological polar surface area (TPSA) is 75.3 Å². The number of benzene rings is 1. The fraction of sp³-hybridized carbons (Fsp3) is 0.417. The van der Waals surface area contributed by atoms with Crippen molar-refractivity contribution in [2.24, 2.45) is 0 Å². The summed E-state index contributed by atoms with van der Waals surface area (Å²) in [6.07, 6.45) is 0.490. The van der Waals surface area contributed by atoms with Crippen LogP contribution in [0.3, 0.4) is 0 Å². The number of carbonyl (C=O) groups is 1. The lowest BCUT2D eigenvalue weighted by atomic mass is 10.2. The van der Waals surface area contributed by atoms with Gasteiger partial charge in [0, 0.05) is 11.7 Å². The summed E-state index contributed by atoms with van der Waals surface area (Å²) in [7, 11) is -2.96. The van der Waals surface area contributed by atoms with Crippen LogP contribution >= 0.6 is 0 Å². The van der Waals surface area contributed by atoms with Gasteiger partial charge in [-0.1, -0.05) is 18.2 Å². The van der Waals surface area contributed by atoms with E-state index in [4.69, 9.17) is 0 Å². The molecule has 0 aromatic heterocycles. The zero-order valence-electron chi connectivity index (χ0n) is 10.1. The Kier molecular flexibility index (Phi) is 3.56. The van der Waals surface area contributed by atoms with E-state index >= 15 is 0 Å². The molecular formula is C12H16N2O3S. The average Bonchev–Trinajstić information content (AvgIpc) is 2.61. The molecule has 0 radical (unpaired) electrons. The molecule has 1 fully saturated rings. The number of nitrogens with one attached hydrogen (secondary N) is 2. The summed E-state index contributed by atoms with van der Waals surface area (Å²) in [6.45, 7) is 1.90. The fourth-order valence-corrected chi connectivity index (χ4v) is 3.64. The molecule has 98 valence electrons. The van der Waals surface area contributed by atoms with E-state index in [9.17, 15) is 13.2 Å². The molecule has 1 aromatic rings. The lowest BCUT2D eigenvalue weighted by molar-refractivity contribution is 0.249. The zero-order valence-corrected chi connectivity index (χ0v) is 11.0. The number of amides is 2. The minimum absolute atomic E-state index is 0.0359. The first kappa shape index (κ1) is 12.9. The van der Waals surface area contributed by atoms with Gasteiger partial charge >= 0.3 is 6.03 Å². The van der Waals surface area contributed by atoms with Crippen LogP contribution in [0.15, 0.2) is 24.3 Å². The van der Waals surface area contributed by atoms with Crippen LogP contribution in [-0.2, 0) is 9.84 Å². The molecule has 2 rings (SSSR count). The van der Waals surface area contributed by atoms with Gasteiger partial charge in [0.1, 0.15) is 0 Å². The van der Waals surface area contributed by atoms with E-state index in [1.807, 2.05) is 25.1 Å². The molecule has 1 aliphatic rings. The Bertz CT molecular complexity index is 554. The SMILES string of the molecule is Cc1ccccc1NC(=O)N[C@@H]1CCS(=O)(=O)C1. The molecule has 2 N–H and O–H groups in total. The van der Waals surface area contributed by atoms with E-state index < -0.39 is 9.84 Å². The standard InChI is InChI=1S/C12H16N2O3S/c1-9-4-2-3-5-11(9)14-12(15)13-10-6-7-18(16,17)8-10/h2-5,10H,6-8H2,1H3,(H2,13,14,15)/t10-/m1/s1. The van der Waals surface area contributed by atoms with Crippen LogP contribution in [0, 0.1) is 6.92 Å². The number of carbonyl (C=O) groups excluding carboxylic acids is 1. The van der Waals surface area contributed by atoms with Crippen molar-refractivity contribution in [3.8, 4) is 0 Å². The Morgan fingerprint density at radius 2 is 2.06 bits per heavy atom. The first-order valence-electron chi connectivity index (χ1n) is 5.80. The first-order valence-corrected chi connectivity index (χ1v) is 7.62. The third-order valence-electron chi connectivity index (χ3n) is 2.96. The van der Waals surface area contributed by atoms with Crippen LogP contribution in [0.1, 0.15) is 12.0 Å². The van der Waals surface area contributed by atoms with Crippen molar-refractivity contribution in [1.82, 2.24) is 5.32 Å². The smallest absolute Gasteiger partial charge is 0.319 e. The van der Waals surface area contributed by atoms with Crippen molar-refractivity contribution in [1.29, 1.82) is 0 Å². The lowest BCUT2D eigenvalue weighted by Crippen LogP contribution is -2.38. The second kappa shape index (κ2) is 4.97. The van der Waals surface area contributed by atoms with Gasteiger partial charge in [0.2, 0.25) is 0 Å². The molecule has 1 atom stereocenters. The summed E-state index contributed by atoms with van der Waals surface area (Å²) in [5.41, 5.74) is 1.70. The second-order valence-corrected chi connectivity index (χ2v) is 6.74. The molecule has 1 aliphatic heterocycles. The monoisotopic (exact) mass is 268 g/mol. The molecular weight excluding hydrogens is 252 g/mol. The van der Waals surface area contributed by atoms with Crippen LogP contribution in [0.5, 0.6) is 0 Å². The van der Waals surface area contributed by atoms with Gasteiger partial charge in [0.25, 0.3) is 0 Å². The van der Waals surface area contributed by atoms with E-state index in [2.05, 4.69) is 10.6 Å². The largest absolute Gasteiger partial charge is 0.334 e. The van der Waals surface area contributed by atoms with Gasteiger partial charge in [-0.05, 0) is 25.0 Å². The van der Waals surface area contributed by atoms with Crippen molar-refractivity contribution in [2.75, 3.05) is 16.8 Å². The maximum Gasteiger partial charge on any atom is 0.319 e. The molecule has 1 saturated heterocycles. The molecule has 6 heteroatoms. The van der Waals surface area contributed by atoms with Gasteiger partial charge in [-0.2, -0.15) is 0 Å². The van der Waals surface area contributed by atoms with Gasteiger partial charge in [0.05, 0.1) is 11.5 Å². The first-order chi connectivity index (χ1) is 8.46. The summed E-state index contributed by atoms with van der Waals surface area (Å²) in [5.74, 6) is 0.191. The molecule has 2 amide bonds. The lowest BCUT2D eigenvalue weighted by Gasteiger charge is -2.13. The van der Waals surface area contributed by atoms with Crippen LogP contribution in [0.4, 0.5) is 10.5 Å². The molecule has 0 spiro atoms. The predicted molar refractivity (Wildman–Crippen MR) is 70.4 cm³/mol. The van der Waals surface area contributed by atoms with Crippen molar-refractivity contribution in [3.63, 3.8) is 0 Å². The molecule has 0 unspecified atom stereocenters. The Morgan fingerprint density at radius 3 is 2.67 bits per heavy atom. The van der Waals surface area contributed by atoms with Crippen LogP contribution in [0.25, 0.3) is 0 Å². The third-order valence-corrected chi connectivity index (χ3v) is 4.73. The van der Waals surface area contributed by atoms with Crippen LogP contribution in [0.2, 0.25) is 0 Å². The summed E-state index contributed by atoms with van der Waals surface area (Å²) < 4.78 is 22.5. The number of anilines is 1. The van der Waals surface area contributed by atoms with E-state index in [0.29, 0.717) is 6.42 Å². The normalized spacial score (nSPS) is 21.5. The van der Waals surface area contributed by atoms with Gasteiger partial charge in [-0.25, -0.2) is 13.2 Å². The third kappa shape index (κ3) is 3.22. The van der Waals surface area contributed by atoms with E-state index in [1.165, 1.54) is 0 Å². The van der Waals surface area contributed by atoms with Gasteiger partial charge in [0.15, 0.2) is 9.84 Å². The molecule has 1 heterocycles. The maximum absolute atomic E-state index is 11.7. The number of aryl methyl sites for hydroxylation is 1. The minimum atomic E-state index is -2.96. The van der Waals surface area contributed by atoms with E-state index in [-0.39, 0.29) is 23.6 Å². The summed E-state index contributed by atoms with van der Waals surface area (Å²) in [6, 6.07) is 6.80. The summed E-state index contributed by atoms with van der Waals surface area (Å²) in [4.78, 5) is 11.7. The Morgan fingerprint density at radius 1 is 1.33 bits per heavy atom. The Labute approximate surface area is 107 Å². The number of urea groups is 1. The second-order valence-electron chi connectivity index (χ2n) is 4.51. The summed E-state index contributed by atoms with van der Waals surface area (Å²) >= 11 is 0. The quantitative estimate of drug-likeness (QED) is 0.849. The van der Waals surface area contributed by atoms with E-state index in [0.717, 1.165) is 11.3 Å². The highest BCUT2D eigenvalue weighted by atomic mass is 32.2. The van der Waals surface area contributed by atoms with E-state index in [1.54, 1.807) is 6.07 Å². The Balaban J connectivity index is 1.92. The van der Waals surface area contributed by atoms with Crippen LogP contribution in [-0.4, -0.2) is 32.0 Å². The number of rotatable bonds is 2. The zero-order chi connectivity index (χ0) is 13.2. The molecule has 18 heavy (non-hydrogen) atoms. The van der Waals surface area contributed by atoms with Crippen molar-refractivity contribution < 1.29 is 13.2 Å². The fourth-order valence-electron chi connectivity index (χ4n) is 1.97. The number of para-hydroxylation sites is 1. The van der Waals surface area contributed by atoms with Crippen molar-refractivity contribution in [3.05, 3.63) is 29.8 Å². The minimum Gasteiger partial charge on any atom is -0.334 e. The predicted octanol–water partition coefficient (Wildman–Crippen LogP) is 1.30. The highest BCUT2D eigenvalue weighted by molar-refractivity contribution is 7.91. The number of sulfone groups is 1. The average molecular weight is 268 g/mol.